The van der Waals surface area contributed by atoms with E-state index in [2.05, 4.69) is 31.5 Å². The highest BCUT2D eigenvalue weighted by atomic mass is 79.9. The van der Waals surface area contributed by atoms with E-state index in [1.807, 2.05) is 0 Å². The second kappa shape index (κ2) is 8.69. The average molecular weight is 357 g/mol. The van der Waals surface area contributed by atoms with E-state index in [0.717, 1.165) is 17.4 Å². The molecule has 2 heterocycles. The molecule has 1 aliphatic rings. The zero-order valence-electron chi connectivity index (χ0n) is 9.69. The summed E-state index contributed by atoms with van der Waals surface area (Å²) in [6, 6.07) is 2.19. The van der Waals surface area contributed by atoms with Gasteiger partial charge in [0.15, 0.2) is 0 Å². The van der Waals surface area contributed by atoms with Gasteiger partial charge in [-0.15, -0.1) is 24.8 Å². The molecule has 1 atom stereocenters. The van der Waals surface area contributed by atoms with Crippen molar-refractivity contribution in [2.45, 2.75) is 18.9 Å². The van der Waals surface area contributed by atoms with Crippen molar-refractivity contribution < 1.29 is 4.79 Å². The molecule has 1 unspecified atom stereocenters. The molecule has 2 rings (SSSR count). The zero-order valence-corrected chi connectivity index (χ0v) is 12.9. The number of aromatic nitrogens is 1. The lowest BCUT2D eigenvalue weighted by molar-refractivity contribution is 0.0950. The van der Waals surface area contributed by atoms with Crippen LogP contribution in [0, 0.1) is 0 Å². The normalized spacial score (nSPS) is 17.5. The average Bonchev–Trinajstić information content (AvgIpc) is 2.78. The van der Waals surface area contributed by atoms with Gasteiger partial charge in [-0.3, -0.25) is 9.78 Å². The van der Waals surface area contributed by atoms with Gasteiger partial charge >= 0.3 is 0 Å². The monoisotopic (exact) mass is 355 g/mol. The number of carbonyl (C=O) groups excluding carboxylic acids is 1. The van der Waals surface area contributed by atoms with Crippen molar-refractivity contribution in [3.63, 3.8) is 0 Å². The molecule has 1 fully saturated rings. The van der Waals surface area contributed by atoms with Crippen LogP contribution < -0.4 is 10.6 Å². The van der Waals surface area contributed by atoms with Crippen LogP contribution in [-0.4, -0.2) is 30.0 Å². The molecule has 2 N–H and O–H groups in total. The molecule has 4 nitrogen and oxygen atoms in total. The SMILES string of the molecule is Cl.Cl.O=C(NCC1CCCN1)c1cncc(Br)c1. The fourth-order valence-corrected chi connectivity index (χ4v) is 2.15. The van der Waals surface area contributed by atoms with Gasteiger partial charge in [0, 0.05) is 29.5 Å². The van der Waals surface area contributed by atoms with Gasteiger partial charge in [-0.1, -0.05) is 0 Å². The Morgan fingerprint density at radius 2 is 2.28 bits per heavy atom. The predicted molar refractivity (Wildman–Crippen MR) is 79.8 cm³/mol. The Hall–Kier alpha value is -0.360. The topological polar surface area (TPSA) is 54.0 Å². The first kappa shape index (κ1) is 17.6. The molecular weight excluding hydrogens is 341 g/mol. The Balaban J connectivity index is 0.00000144. The van der Waals surface area contributed by atoms with E-state index in [0.29, 0.717) is 18.2 Å². The minimum atomic E-state index is -0.0671. The van der Waals surface area contributed by atoms with Gasteiger partial charge < -0.3 is 10.6 Å². The summed E-state index contributed by atoms with van der Waals surface area (Å²) >= 11 is 3.29. The van der Waals surface area contributed by atoms with Crippen molar-refractivity contribution in [1.29, 1.82) is 0 Å². The molecule has 0 aliphatic carbocycles. The Morgan fingerprint density at radius 1 is 1.50 bits per heavy atom. The number of halogens is 3. The minimum absolute atomic E-state index is 0. The van der Waals surface area contributed by atoms with E-state index in [9.17, 15) is 4.79 Å². The highest BCUT2D eigenvalue weighted by Gasteiger charge is 2.15. The highest BCUT2D eigenvalue weighted by molar-refractivity contribution is 9.10. The standard InChI is InChI=1S/C11H14BrN3O.2ClH/c12-9-4-8(5-13-6-9)11(16)15-7-10-2-1-3-14-10;;/h4-6,10,14H,1-3,7H2,(H,15,16);2*1H. The number of amides is 1. The maximum Gasteiger partial charge on any atom is 0.252 e. The summed E-state index contributed by atoms with van der Waals surface area (Å²) in [7, 11) is 0. The minimum Gasteiger partial charge on any atom is -0.350 e. The molecule has 0 aromatic carbocycles. The van der Waals surface area contributed by atoms with Gasteiger partial charge in [0.05, 0.1) is 5.56 Å². The molecule has 1 aromatic rings. The fraction of sp³-hybridized carbons (Fsp3) is 0.455. The molecule has 1 amide bonds. The second-order valence-electron chi connectivity index (χ2n) is 3.90. The van der Waals surface area contributed by atoms with Gasteiger partial charge in [-0.05, 0) is 41.4 Å². The molecule has 18 heavy (non-hydrogen) atoms. The van der Waals surface area contributed by atoms with Gasteiger partial charge in [-0.2, -0.15) is 0 Å². The van der Waals surface area contributed by atoms with Crippen molar-refractivity contribution in [3.05, 3.63) is 28.5 Å². The van der Waals surface area contributed by atoms with Crippen LogP contribution in [0.2, 0.25) is 0 Å². The van der Waals surface area contributed by atoms with Crippen molar-refractivity contribution in [2.75, 3.05) is 13.1 Å². The maximum atomic E-state index is 11.8. The first-order valence-electron chi connectivity index (χ1n) is 5.38. The number of hydrogen-bond acceptors (Lipinski definition) is 3. The number of rotatable bonds is 3. The predicted octanol–water partition coefficient (Wildman–Crippen LogP) is 2.17. The summed E-state index contributed by atoms with van der Waals surface area (Å²) in [5.41, 5.74) is 0.590. The highest BCUT2D eigenvalue weighted by Crippen LogP contribution is 2.09. The van der Waals surface area contributed by atoms with Crippen LogP contribution >= 0.6 is 40.7 Å². The first-order chi connectivity index (χ1) is 7.75. The fourth-order valence-electron chi connectivity index (χ4n) is 1.78. The maximum absolute atomic E-state index is 11.8. The van der Waals surface area contributed by atoms with Crippen LogP contribution in [0.3, 0.4) is 0 Å². The third-order valence-corrected chi connectivity index (χ3v) is 3.07. The van der Waals surface area contributed by atoms with Gasteiger partial charge in [0.25, 0.3) is 5.91 Å². The quantitative estimate of drug-likeness (QED) is 0.872. The van der Waals surface area contributed by atoms with E-state index >= 15 is 0 Å². The van der Waals surface area contributed by atoms with Crippen molar-refractivity contribution in [1.82, 2.24) is 15.6 Å². The summed E-state index contributed by atoms with van der Waals surface area (Å²) in [6.45, 7) is 1.74. The molecule has 0 bridgehead atoms. The van der Waals surface area contributed by atoms with Crippen molar-refractivity contribution >= 4 is 46.7 Å². The smallest absolute Gasteiger partial charge is 0.252 e. The Morgan fingerprint density at radius 3 is 2.89 bits per heavy atom. The number of carbonyl (C=O) groups is 1. The van der Waals surface area contributed by atoms with E-state index in [1.165, 1.54) is 6.42 Å². The number of pyridine rings is 1. The molecule has 7 heteroatoms. The third-order valence-electron chi connectivity index (χ3n) is 2.64. The molecule has 0 radical (unpaired) electrons. The van der Waals surface area contributed by atoms with Crippen LogP contribution in [0.25, 0.3) is 0 Å². The van der Waals surface area contributed by atoms with Crippen molar-refractivity contribution in [3.8, 4) is 0 Å². The molecule has 1 aromatic heterocycles. The van der Waals surface area contributed by atoms with Gasteiger partial charge in [0.2, 0.25) is 0 Å². The Labute approximate surface area is 127 Å². The summed E-state index contributed by atoms with van der Waals surface area (Å²) in [4.78, 5) is 15.7. The lowest BCUT2D eigenvalue weighted by Crippen LogP contribution is -2.37. The number of hydrogen-bond donors (Lipinski definition) is 2. The summed E-state index contributed by atoms with van der Waals surface area (Å²) < 4.78 is 0.819. The molecule has 102 valence electrons. The third kappa shape index (κ3) is 5.10. The molecule has 0 saturated carbocycles. The van der Waals surface area contributed by atoms with Crippen LogP contribution in [0.1, 0.15) is 23.2 Å². The number of nitrogens with one attached hydrogen (secondary N) is 2. The van der Waals surface area contributed by atoms with Gasteiger partial charge in [0.1, 0.15) is 0 Å². The van der Waals surface area contributed by atoms with Gasteiger partial charge in [-0.25, -0.2) is 0 Å². The van der Waals surface area contributed by atoms with E-state index in [1.54, 1.807) is 18.5 Å². The van der Waals surface area contributed by atoms with E-state index in [4.69, 9.17) is 0 Å². The molecule has 1 saturated heterocycles. The van der Waals surface area contributed by atoms with Crippen LogP contribution in [0.4, 0.5) is 0 Å². The zero-order chi connectivity index (χ0) is 11.4. The van der Waals surface area contributed by atoms with E-state index < -0.39 is 0 Å². The first-order valence-corrected chi connectivity index (χ1v) is 6.17. The van der Waals surface area contributed by atoms with Crippen LogP contribution in [0.15, 0.2) is 22.9 Å². The van der Waals surface area contributed by atoms with E-state index in [-0.39, 0.29) is 30.7 Å². The molecular formula is C11H16BrCl2N3O. The lowest BCUT2D eigenvalue weighted by Gasteiger charge is -2.11. The Bertz CT molecular complexity index is 386. The molecule has 1 aliphatic heterocycles. The van der Waals surface area contributed by atoms with Crippen LogP contribution in [-0.2, 0) is 0 Å². The molecule has 0 spiro atoms. The summed E-state index contributed by atoms with van der Waals surface area (Å²) in [5, 5.41) is 6.24. The summed E-state index contributed by atoms with van der Waals surface area (Å²) in [6.07, 6.45) is 5.56. The van der Waals surface area contributed by atoms with Crippen molar-refractivity contribution in [2.24, 2.45) is 0 Å². The Kier molecular flexibility index (Phi) is 8.52. The number of nitrogens with zero attached hydrogens (tertiary/aromatic N) is 1. The largest absolute Gasteiger partial charge is 0.350 e. The lowest BCUT2D eigenvalue weighted by atomic mass is 10.2. The summed E-state index contributed by atoms with van der Waals surface area (Å²) in [5.74, 6) is -0.0671. The van der Waals surface area contributed by atoms with Crippen LogP contribution in [0.5, 0.6) is 0 Å². The second-order valence-corrected chi connectivity index (χ2v) is 4.81.